The number of nitrogens with zero attached hydrogens (tertiary/aromatic N) is 1. The van der Waals surface area contributed by atoms with Gasteiger partial charge in [-0.2, -0.15) is 5.10 Å². The van der Waals surface area contributed by atoms with E-state index < -0.39 is 5.97 Å². The van der Waals surface area contributed by atoms with Gasteiger partial charge in [-0.3, -0.25) is 5.43 Å². The van der Waals surface area contributed by atoms with Crippen LogP contribution in [0.3, 0.4) is 0 Å². The van der Waals surface area contributed by atoms with Gasteiger partial charge in [-0.05, 0) is 48.6 Å². The van der Waals surface area contributed by atoms with Crippen molar-refractivity contribution in [2.75, 3.05) is 0 Å². The molecule has 3 rings (SSSR count). The first-order valence-electron chi connectivity index (χ1n) is 8.33. The molecular weight excluding hydrogens is 433 g/mol. The molecule has 0 atom stereocenters. The molecule has 148 valence electrons. The van der Waals surface area contributed by atoms with Crippen LogP contribution in [0.2, 0.25) is 10.0 Å². The minimum absolute atomic E-state index is 0.0381. The van der Waals surface area contributed by atoms with Crippen molar-refractivity contribution in [2.24, 2.45) is 10.8 Å². The van der Waals surface area contributed by atoms with E-state index in [1.807, 2.05) is 6.07 Å². The standard InChI is InChI=1S/C20H15Cl2N3O3S/c21-16-4-2-1-3-13(16)11-27-19(26)15-9-12(5-7-17(15)22)18-8-6-14(28-18)10-24-25-20(23)29/h1-10H,11H2,(H3,23,25,29). The van der Waals surface area contributed by atoms with Gasteiger partial charge in [0.15, 0.2) is 5.11 Å². The van der Waals surface area contributed by atoms with Gasteiger partial charge in [0, 0.05) is 16.1 Å². The molecule has 0 saturated carbocycles. The van der Waals surface area contributed by atoms with E-state index in [0.717, 1.165) is 0 Å². The number of benzene rings is 2. The molecule has 3 N–H and O–H groups in total. The Labute approximate surface area is 182 Å². The van der Waals surface area contributed by atoms with Crippen molar-refractivity contribution in [3.63, 3.8) is 0 Å². The number of carbonyl (C=O) groups excluding carboxylic acids is 1. The van der Waals surface area contributed by atoms with Crippen LogP contribution in [0, 0.1) is 0 Å². The molecule has 1 aromatic heterocycles. The number of rotatable bonds is 6. The Morgan fingerprint density at radius 3 is 2.72 bits per heavy atom. The lowest BCUT2D eigenvalue weighted by molar-refractivity contribution is 0.0473. The lowest BCUT2D eigenvalue weighted by atomic mass is 10.1. The molecule has 0 aliphatic heterocycles. The number of halogens is 2. The summed E-state index contributed by atoms with van der Waals surface area (Å²) in [5.74, 6) is 0.436. The lowest BCUT2D eigenvalue weighted by Gasteiger charge is -2.09. The van der Waals surface area contributed by atoms with Crippen LogP contribution >= 0.6 is 35.4 Å². The Kier molecular flexibility index (Phi) is 6.87. The van der Waals surface area contributed by atoms with E-state index in [0.29, 0.717) is 27.7 Å². The van der Waals surface area contributed by atoms with Crippen LogP contribution in [0.25, 0.3) is 11.3 Å². The van der Waals surface area contributed by atoms with E-state index in [2.05, 4.69) is 22.7 Å². The summed E-state index contributed by atoms with van der Waals surface area (Å²) in [5.41, 5.74) is 9.31. The van der Waals surface area contributed by atoms with Crippen molar-refractivity contribution < 1.29 is 13.9 Å². The van der Waals surface area contributed by atoms with Crippen molar-refractivity contribution >= 4 is 52.7 Å². The van der Waals surface area contributed by atoms with Gasteiger partial charge in [0.2, 0.25) is 0 Å². The van der Waals surface area contributed by atoms with Crippen molar-refractivity contribution in [1.82, 2.24) is 5.43 Å². The van der Waals surface area contributed by atoms with E-state index in [-0.39, 0.29) is 22.3 Å². The number of furan rings is 1. The number of esters is 1. The maximum absolute atomic E-state index is 12.5. The molecule has 29 heavy (non-hydrogen) atoms. The third-order valence-corrected chi connectivity index (χ3v) is 4.57. The monoisotopic (exact) mass is 447 g/mol. The van der Waals surface area contributed by atoms with Gasteiger partial charge < -0.3 is 14.9 Å². The first-order valence-corrected chi connectivity index (χ1v) is 9.49. The fraction of sp³-hybridized carbons (Fsp3) is 0.0500. The van der Waals surface area contributed by atoms with E-state index in [9.17, 15) is 4.79 Å². The topological polar surface area (TPSA) is 89.8 Å². The van der Waals surface area contributed by atoms with Gasteiger partial charge in [-0.15, -0.1) is 0 Å². The largest absolute Gasteiger partial charge is 0.457 e. The molecule has 9 heteroatoms. The zero-order chi connectivity index (χ0) is 20.8. The molecule has 6 nitrogen and oxygen atoms in total. The summed E-state index contributed by atoms with van der Waals surface area (Å²) < 4.78 is 11.0. The SMILES string of the molecule is NC(=S)NN=Cc1ccc(-c2ccc(Cl)c(C(=O)OCc3ccccc3Cl)c2)o1. The molecule has 0 unspecified atom stereocenters. The van der Waals surface area contributed by atoms with Crippen molar-refractivity contribution in [2.45, 2.75) is 6.61 Å². The highest BCUT2D eigenvalue weighted by Gasteiger charge is 2.15. The molecule has 0 bridgehead atoms. The number of ether oxygens (including phenoxy) is 1. The lowest BCUT2D eigenvalue weighted by Crippen LogP contribution is -2.23. The molecule has 0 amide bonds. The van der Waals surface area contributed by atoms with Gasteiger partial charge in [-0.25, -0.2) is 4.79 Å². The highest BCUT2D eigenvalue weighted by Crippen LogP contribution is 2.27. The van der Waals surface area contributed by atoms with Gasteiger partial charge in [0.1, 0.15) is 18.1 Å². The Bertz CT molecular complexity index is 1080. The predicted octanol–water partition coefficient (Wildman–Crippen LogP) is 4.78. The number of thiocarbonyl (C=S) groups is 1. The van der Waals surface area contributed by atoms with Crippen LogP contribution in [0.4, 0.5) is 0 Å². The number of nitrogens with two attached hydrogens (primary N) is 1. The number of hydrogen-bond acceptors (Lipinski definition) is 5. The van der Waals surface area contributed by atoms with Gasteiger partial charge in [0.05, 0.1) is 16.8 Å². The van der Waals surface area contributed by atoms with Crippen LogP contribution < -0.4 is 11.2 Å². The third kappa shape index (κ3) is 5.57. The smallest absolute Gasteiger partial charge is 0.340 e. The van der Waals surface area contributed by atoms with Crippen LogP contribution in [0.15, 0.2) is 64.1 Å². The molecule has 0 spiro atoms. The van der Waals surface area contributed by atoms with Gasteiger partial charge >= 0.3 is 5.97 Å². The van der Waals surface area contributed by atoms with Crippen molar-refractivity contribution in [3.8, 4) is 11.3 Å². The summed E-state index contributed by atoms with van der Waals surface area (Å²) in [6, 6.07) is 15.5. The first kappa shape index (κ1) is 20.9. The average Bonchev–Trinajstić information content (AvgIpc) is 3.16. The first-order chi connectivity index (χ1) is 13.9. The highest BCUT2D eigenvalue weighted by atomic mass is 35.5. The number of carbonyl (C=O) groups is 1. The van der Waals surface area contributed by atoms with Crippen molar-refractivity contribution in [3.05, 3.63) is 81.5 Å². The number of nitrogens with one attached hydrogen (secondary N) is 1. The second kappa shape index (κ2) is 9.56. The predicted molar refractivity (Wildman–Crippen MR) is 117 cm³/mol. The Balaban J connectivity index is 1.75. The third-order valence-electron chi connectivity index (χ3n) is 3.78. The second-order valence-electron chi connectivity index (χ2n) is 5.80. The molecule has 0 aliphatic rings. The maximum atomic E-state index is 12.5. The maximum Gasteiger partial charge on any atom is 0.340 e. The van der Waals surface area contributed by atoms with Crippen LogP contribution in [0.5, 0.6) is 0 Å². The minimum atomic E-state index is -0.564. The van der Waals surface area contributed by atoms with Gasteiger partial charge in [0.25, 0.3) is 0 Å². The molecule has 0 saturated heterocycles. The zero-order valence-corrected chi connectivity index (χ0v) is 17.2. The van der Waals surface area contributed by atoms with Gasteiger partial charge in [-0.1, -0.05) is 41.4 Å². The summed E-state index contributed by atoms with van der Waals surface area (Å²) in [4.78, 5) is 12.5. The summed E-state index contributed by atoms with van der Waals surface area (Å²) >= 11 is 16.9. The minimum Gasteiger partial charge on any atom is -0.457 e. The van der Waals surface area contributed by atoms with Crippen LogP contribution in [0.1, 0.15) is 21.7 Å². The molecule has 3 aromatic rings. The fourth-order valence-corrected chi connectivity index (χ4v) is 2.85. The van der Waals surface area contributed by atoms with E-state index in [1.165, 1.54) is 6.21 Å². The highest BCUT2D eigenvalue weighted by molar-refractivity contribution is 7.80. The molecule has 2 aromatic carbocycles. The Morgan fingerprint density at radius 1 is 1.17 bits per heavy atom. The van der Waals surface area contributed by atoms with Crippen molar-refractivity contribution in [1.29, 1.82) is 0 Å². The molecule has 1 heterocycles. The summed E-state index contributed by atoms with van der Waals surface area (Å²) in [6.07, 6.45) is 1.43. The fourth-order valence-electron chi connectivity index (χ4n) is 2.41. The summed E-state index contributed by atoms with van der Waals surface area (Å²) in [5, 5.41) is 4.67. The average molecular weight is 448 g/mol. The molecule has 0 aliphatic carbocycles. The van der Waals surface area contributed by atoms with E-state index in [1.54, 1.807) is 48.5 Å². The second-order valence-corrected chi connectivity index (χ2v) is 7.05. The van der Waals surface area contributed by atoms with Crippen LogP contribution in [-0.2, 0) is 11.3 Å². The quantitative estimate of drug-likeness (QED) is 0.244. The Hall–Kier alpha value is -2.87. The number of hydrogen-bond donors (Lipinski definition) is 2. The zero-order valence-electron chi connectivity index (χ0n) is 14.9. The number of hydrazone groups is 1. The summed E-state index contributed by atoms with van der Waals surface area (Å²) in [6.45, 7) is 0.0381. The Morgan fingerprint density at radius 2 is 1.97 bits per heavy atom. The molecule has 0 fully saturated rings. The molecular formula is C20H15Cl2N3O3S. The molecule has 0 radical (unpaired) electrons. The summed E-state index contributed by atoms with van der Waals surface area (Å²) in [7, 11) is 0. The van der Waals surface area contributed by atoms with Crippen LogP contribution in [-0.4, -0.2) is 17.3 Å². The van der Waals surface area contributed by atoms with E-state index >= 15 is 0 Å². The normalized spacial score (nSPS) is 10.8. The van der Waals surface area contributed by atoms with E-state index in [4.69, 9.17) is 38.1 Å².